The van der Waals surface area contributed by atoms with Gasteiger partial charge in [-0.25, -0.2) is 9.97 Å². The lowest BCUT2D eigenvalue weighted by atomic mass is 10.1. The lowest BCUT2D eigenvalue weighted by Gasteiger charge is -2.20. The Kier molecular flexibility index (Phi) is 12.8. The number of carbonyl (C=O) groups is 4. The average Bonchev–Trinajstić information content (AvgIpc) is 3.76. The van der Waals surface area contributed by atoms with E-state index in [1.807, 2.05) is 11.9 Å². The molecule has 0 spiro atoms. The highest BCUT2D eigenvalue weighted by Crippen LogP contribution is 2.13. The largest absolute Gasteiger partial charge is 0.394 e. The van der Waals surface area contributed by atoms with Crippen LogP contribution in [-0.4, -0.2) is 120 Å². The fraction of sp³-hybridized carbons (Fsp3) is 0.500. The van der Waals surface area contributed by atoms with Crippen LogP contribution < -0.4 is 27.0 Å². The molecule has 0 saturated carbocycles. The van der Waals surface area contributed by atoms with E-state index in [0.29, 0.717) is 44.7 Å². The van der Waals surface area contributed by atoms with Gasteiger partial charge < -0.3 is 61.2 Å². The van der Waals surface area contributed by atoms with E-state index in [-0.39, 0.29) is 23.9 Å². The first-order chi connectivity index (χ1) is 21.9. The highest BCUT2D eigenvalue weighted by molar-refractivity contribution is 6.02. The second-order valence-electron chi connectivity index (χ2n) is 10.5. The zero-order valence-corrected chi connectivity index (χ0v) is 25.7. The van der Waals surface area contributed by atoms with Gasteiger partial charge in [-0.15, -0.1) is 0 Å². The van der Waals surface area contributed by atoms with Gasteiger partial charge in [0.1, 0.15) is 18.3 Å². The summed E-state index contributed by atoms with van der Waals surface area (Å²) in [4.78, 5) is 76.9. The molecular formula is C26H39N13O7. The molecule has 0 aromatic carbocycles. The maximum atomic E-state index is 12.8. The van der Waals surface area contributed by atoms with Crippen molar-refractivity contribution in [1.82, 2.24) is 49.9 Å². The maximum Gasteiger partial charge on any atom is 0.382 e. The molecular weight excluding hydrogens is 606 g/mol. The average molecular weight is 646 g/mol. The summed E-state index contributed by atoms with van der Waals surface area (Å²) in [5.41, 5.74) is 6.21. The monoisotopic (exact) mass is 645 g/mol. The van der Waals surface area contributed by atoms with Crippen molar-refractivity contribution in [3.63, 3.8) is 0 Å². The zero-order valence-electron chi connectivity index (χ0n) is 25.7. The Morgan fingerprint density at radius 2 is 1.70 bits per heavy atom. The van der Waals surface area contributed by atoms with Crippen molar-refractivity contribution in [2.75, 3.05) is 45.2 Å². The molecule has 0 bridgehead atoms. The van der Waals surface area contributed by atoms with E-state index < -0.39 is 53.1 Å². The van der Waals surface area contributed by atoms with Gasteiger partial charge in [-0.1, -0.05) is 0 Å². The summed E-state index contributed by atoms with van der Waals surface area (Å²) in [6.07, 6.45) is 7.00. The molecule has 46 heavy (non-hydrogen) atoms. The molecule has 0 fully saturated rings. The molecule has 0 saturated heterocycles. The van der Waals surface area contributed by atoms with Crippen LogP contribution in [0.2, 0.25) is 0 Å². The standard InChI is InChI=1S/C26H39N13O7/c1-36(8-4-6-29-24(42)18(10-16-11-28-15-31-16)32-23(41)17(27)14-40)9-5-7-30-25(43)21-33-19(12-37(21)2)34-26(44)22-35-20(39(45)46)13-38(22)3/h11-13,15,17-18,40H,4-10,14,27H2,1-3H3,(H,28,31)(H,29,42)(H,30,43)(H,32,41)(H,34,44)/t17-,18-/m0/s1. The molecule has 3 aromatic heterocycles. The van der Waals surface area contributed by atoms with Crippen molar-refractivity contribution in [3.8, 4) is 0 Å². The Bertz CT molecular complexity index is 1500. The van der Waals surface area contributed by atoms with Crippen LogP contribution in [0.3, 0.4) is 0 Å². The topological polar surface area (TPSA) is 273 Å². The number of nitrogens with zero attached hydrogens (tertiary/aromatic N) is 7. The quantitative estimate of drug-likeness (QED) is 0.0435. The molecule has 2 atom stereocenters. The second-order valence-corrected chi connectivity index (χ2v) is 10.5. The van der Waals surface area contributed by atoms with Crippen molar-refractivity contribution in [2.24, 2.45) is 19.8 Å². The first kappa shape index (κ1) is 35.3. The lowest BCUT2D eigenvalue weighted by molar-refractivity contribution is -0.389. The molecule has 0 unspecified atom stereocenters. The second kappa shape index (κ2) is 16.7. The van der Waals surface area contributed by atoms with E-state index in [9.17, 15) is 29.3 Å². The van der Waals surface area contributed by atoms with E-state index in [1.165, 1.54) is 28.7 Å². The van der Waals surface area contributed by atoms with Crippen LogP contribution >= 0.6 is 0 Å². The number of aromatic amines is 1. The van der Waals surface area contributed by atoms with Crippen LogP contribution in [0.4, 0.5) is 11.6 Å². The molecule has 0 aliphatic carbocycles. The minimum Gasteiger partial charge on any atom is -0.394 e. The molecule has 8 N–H and O–H groups in total. The van der Waals surface area contributed by atoms with Gasteiger partial charge in [0.15, 0.2) is 5.82 Å². The normalized spacial score (nSPS) is 12.4. The van der Waals surface area contributed by atoms with Gasteiger partial charge in [0, 0.05) is 51.7 Å². The number of nitrogens with two attached hydrogens (primary N) is 1. The van der Waals surface area contributed by atoms with E-state index in [1.54, 1.807) is 13.2 Å². The van der Waals surface area contributed by atoms with Crippen LogP contribution in [0.15, 0.2) is 24.9 Å². The Hall–Kier alpha value is -5.21. The van der Waals surface area contributed by atoms with Gasteiger partial charge in [0.25, 0.3) is 5.91 Å². The molecule has 3 rings (SSSR count). The predicted octanol–water partition coefficient (Wildman–Crippen LogP) is -2.36. The number of imidazole rings is 3. The van der Waals surface area contributed by atoms with Crippen molar-refractivity contribution < 1.29 is 29.2 Å². The van der Waals surface area contributed by atoms with Crippen LogP contribution in [0.5, 0.6) is 0 Å². The third-order valence-corrected chi connectivity index (χ3v) is 6.74. The SMILES string of the molecule is CN(CCCNC(=O)c1nc(NC(=O)c2nc([N+](=O)[O-])cn2C)cn1C)CCCNC(=O)[C@H](Cc1cnc[nH]1)NC(=O)[C@@H](N)CO. The number of aryl methyl sites for hydroxylation is 2. The molecule has 20 heteroatoms. The summed E-state index contributed by atoms with van der Waals surface area (Å²) in [7, 11) is 4.95. The fourth-order valence-corrected chi connectivity index (χ4v) is 4.27. The Morgan fingerprint density at radius 3 is 2.30 bits per heavy atom. The minimum atomic E-state index is -1.14. The van der Waals surface area contributed by atoms with Gasteiger partial charge in [-0.2, -0.15) is 0 Å². The Balaban J connectivity index is 1.37. The molecule has 3 aromatic rings. The number of H-pyrrole nitrogens is 1. The van der Waals surface area contributed by atoms with Crippen molar-refractivity contribution in [1.29, 1.82) is 0 Å². The number of nitro groups is 1. The number of amides is 4. The first-order valence-corrected chi connectivity index (χ1v) is 14.3. The van der Waals surface area contributed by atoms with E-state index in [4.69, 9.17) is 10.8 Å². The number of carbonyl (C=O) groups excluding carboxylic acids is 4. The Labute approximate surface area is 263 Å². The predicted molar refractivity (Wildman–Crippen MR) is 162 cm³/mol. The van der Waals surface area contributed by atoms with E-state index in [0.717, 1.165) is 6.20 Å². The summed E-state index contributed by atoms with van der Waals surface area (Å²) >= 11 is 0. The highest BCUT2D eigenvalue weighted by atomic mass is 16.6. The number of anilines is 1. The summed E-state index contributed by atoms with van der Waals surface area (Å²) in [6, 6.07) is -2.04. The van der Waals surface area contributed by atoms with Crippen LogP contribution in [0, 0.1) is 10.1 Å². The van der Waals surface area contributed by atoms with Gasteiger partial charge in [0.05, 0.1) is 12.9 Å². The first-order valence-electron chi connectivity index (χ1n) is 14.3. The number of aromatic nitrogens is 6. The molecule has 3 heterocycles. The highest BCUT2D eigenvalue weighted by Gasteiger charge is 2.26. The number of nitrogens with one attached hydrogen (secondary N) is 5. The third kappa shape index (κ3) is 10.2. The molecule has 0 aliphatic rings. The van der Waals surface area contributed by atoms with Gasteiger partial charge >= 0.3 is 17.5 Å². The summed E-state index contributed by atoms with van der Waals surface area (Å²) in [6.45, 7) is 1.48. The Morgan fingerprint density at radius 1 is 1.04 bits per heavy atom. The number of rotatable bonds is 18. The van der Waals surface area contributed by atoms with Crippen LogP contribution in [0.25, 0.3) is 0 Å². The number of hydrogen-bond acceptors (Lipinski definition) is 12. The number of hydrogen-bond donors (Lipinski definition) is 7. The molecule has 0 aliphatic heterocycles. The van der Waals surface area contributed by atoms with Crippen molar-refractivity contribution in [2.45, 2.75) is 31.3 Å². The van der Waals surface area contributed by atoms with Crippen molar-refractivity contribution >= 4 is 35.3 Å². The molecule has 20 nitrogen and oxygen atoms in total. The van der Waals surface area contributed by atoms with Crippen molar-refractivity contribution in [3.05, 3.63) is 52.4 Å². The smallest absolute Gasteiger partial charge is 0.382 e. The van der Waals surface area contributed by atoms with E-state index >= 15 is 0 Å². The third-order valence-electron chi connectivity index (χ3n) is 6.74. The molecule has 4 amide bonds. The van der Waals surface area contributed by atoms with Gasteiger partial charge in [0.2, 0.25) is 17.6 Å². The summed E-state index contributed by atoms with van der Waals surface area (Å²) in [5.74, 6) is -2.70. The molecule has 250 valence electrons. The fourth-order valence-electron chi connectivity index (χ4n) is 4.27. The summed E-state index contributed by atoms with van der Waals surface area (Å²) < 4.78 is 2.66. The van der Waals surface area contributed by atoms with Gasteiger partial charge in [-0.05, 0) is 42.9 Å². The van der Waals surface area contributed by atoms with Gasteiger partial charge in [-0.3, -0.25) is 19.2 Å². The minimum absolute atomic E-state index is 0.0607. The number of aliphatic hydroxyl groups excluding tert-OH is 1. The summed E-state index contributed by atoms with van der Waals surface area (Å²) in [5, 5.41) is 30.7. The molecule has 0 radical (unpaired) electrons. The van der Waals surface area contributed by atoms with Crippen LogP contribution in [-0.2, 0) is 30.1 Å². The maximum absolute atomic E-state index is 12.8. The van der Waals surface area contributed by atoms with E-state index in [2.05, 4.69) is 41.2 Å². The number of aliphatic hydroxyl groups is 1. The van der Waals surface area contributed by atoms with Crippen LogP contribution in [0.1, 0.15) is 39.8 Å². The zero-order chi connectivity index (χ0) is 33.8. The lowest BCUT2D eigenvalue weighted by Crippen LogP contribution is -2.53.